The highest BCUT2D eigenvalue weighted by Crippen LogP contribution is 2.10. The van der Waals surface area contributed by atoms with Gasteiger partial charge in [-0.15, -0.1) is 0 Å². The van der Waals surface area contributed by atoms with Gasteiger partial charge in [0.15, 0.2) is 0 Å². The van der Waals surface area contributed by atoms with Crippen LogP contribution in [0.5, 0.6) is 0 Å². The van der Waals surface area contributed by atoms with E-state index in [1.807, 2.05) is 0 Å². The van der Waals surface area contributed by atoms with Crippen LogP contribution in [0.4, 0.5) is 12.3 Å². The highest BCUT2D eigenvalue weighted by Gasteiger charge is 2.41. The van der Waals surface area contributed by atoms with Gasteiger partial charge in [-0.05, 0) is 20.8 Å². The molecule has 0 atom stereocenters. The van der Waals surface area contributed by atoms with Crippen LogP contribution < -0.4 is 4.98 Å². The van der Waals surface area contributed by atoms with E-state index in [0.29, 0.717) is 0 Å². The molecule has 0 saturated carbocycles. The van der Waals surface area contributed by atoms with E-state index in [1.54, 1.807) is 4.98 Å². The Bertz CT molecular complexity index is 81.0. The molecule has 0 fully saturated rings. The number of hydrogen-bond acceptors (Lipinski definition) is 1. The third-order valence-corrected chi connectivity index (χ3v) is 1.55. The summed E-state index contributed by atoms with van der Waals surface area (Å²) >= 11 is 0. The third-order valence-electron chi connectivity index (χ3n) is 0.517. The third kappa shape index (κ3) is 7.97. The minimum absolute atomic E-state index is 0.829. The molecule has 0 aliphatic heterocycles. The van der Waals surface area contributed by atoms with Gasteiger partial charge in [-0.25, -0.2) is 12.3 Å². The van der Waals surface area contributed by atoms with E-state index in [9.17, 15) is 12.3 Å². The van der Waals surface area contributed by atoms with Crippen LogP contribution in [0.15, 0.2) is 0 Å². The van der Waals surface area contributed by atoms with Gasteiger partial charge in [0.05, 0.1) is 0 Å². The van der Waals surface area contributed by atoms with Crippen LogP contribution in [-0.4, -0.2) is 14.8 Å². The molecule has 0 bridgehead atoms. The van der Waals surface area contributed by atoms with Crippen molar-refractivity contribution in [2.24, 2.45) is 0 Å². The predicted octanol–water partition coefficient (Wildman–Crippen LogP) is 1.72. The lowest BCUT2D eigenvalue weighted by Gasteiger charge is -2.20. The van der Waals surface area contributed by atoms with E-state index < -0.39 is 14.8 Å². The molecule has 1 N–H and O–H groups in total. The molecule has 0 rings (SSSR count). The van der Waals surface area contributed by atoms with Gasteiger partial charge >= 0.3 is 9.24 Å². The summed E-state index contributed by atoms with van der Waals surface area (Å²) in [5.74, 6) is 0. The summed E-state index contributed by atoms with van der Waals surface area (Å²) in [4.78, 5) is 1.60. The number of rotatable bonds is 1. The largest absolute Gasteiger partial charge is 0.716 e. The SMILES string of the molecule is CC(C)(C)N[Si](F)(F)F. The molecular formula is C4H10F3NSi. The van der Waals surface area contributed by atoms with Crippen LogP contribution >= 0.6 is 0 Å². The molecule has 0 aromatic heterocycles. The second kappa shape index (κ2) is 2.30. The maximum absolute atomic E-state index is 11.6. The van der Waals surface area contributed by atoms with Gasteiger partial charge < -0.3 is 0 Å². The van der Waals surface area contributed by atoms with Crippen LogP contribution in [0.2, 0.25) is 0 Å². The first kappa shape index (κ1) is 8.97. The lowest BCUT2D eigenvalue weighted by atomic mass is 10.1. The number of hydrogen-bond donors (Lipinski definition) is 1. The molecule has 0 aromatic rings. The topological polar surface area (TPSA) is 12.0 Å². The molecule has 0 radical (unpaired) electrons. The second-order valence-electron chi connectivity index (χ2n) is 2.87. The average molecular weight is 157 g/mol. The average Bonchev–Trinajstić information content (AvgIpc) is 1.14. The molecule has 0 spiro atoms. The van der Waals surface area contributed by atoms with E-state index in [-0.39, 0.29) is 0 Å². The Morgan fingerprint density at radius 2 is 1.44 bits per heavy atom. The summed E-state index contributed by atoms with van der Waals surface area (Å²) < 4.78 is 34.7. The quantitative estimate of drug-likeness (QED) is 0.451. The minimum Gasteiger partial charge on any atom is -0.255 e. The van der Waals surface area contributed by atoms with Crippen molar-refractivity contribution in [1.29, 1.82) is 0 Å². The van der Waals surface area contributed by atoms with Gasteiger partial charge in [0.2, 0.25) is 0 Å². The van der Waals surface area contributed by atoms with Gasteiger partial charge in [-0.2, -0.15) is 0 Å². The summed E-state index contributed by atoms with van der Waals surface area (Å²) in [6.07, 6.45) is 0. The van der Waals surface area contributed by atoms with Gasteiger partial charge in [0.25, 0.3) is 0 Å². The van der Waals surface area contributed by atoms with Gasteiger partial charge in [-0.3, -0.25) is 4.98 Å². The Labute approximate surface area is 53.9 Å². The lowest BCUT2D eigenvalue weighted by Crippen LogP contribution is -2.49. The van der Waals surface area contributed by atoms with E-state index >= 15 is 0 Å². The summed E-state index contributed by atoms with van der Waals surface area (Å²) in [6.45, 7) is 4.48. The van der Waals surface area contributed by atoms with Crippen molar-refractivity contribution in [3.05, 3.63) is 0 Å². The lowest BCUT2D eigenvalue weighted by molar-refractivity contribution is 0.372. The van der Waals surface area contributed by atoms with Crippen LogP contribution in [0.3, 0.4) is 0 Å². The van der Waals surface area contributed by atoms with Crippen LogP contribution in [0, 0.1) is 0 Å². The Kier molecular flexibility index (Phi) is 2.29. The first-order chi connectivity index (χ1) is 3.71. The molecule has 0 amide bonds. The van der Waals surface area contributed by atoms with Crippen molar-refractivity contribution >= 4 is 9.24 Å². The van der Waals surface area contributed by atoms with Gasteiger partial charge in [-0.1, -0.05) is 0 Å². The first-order valence-corrected chi connectivity index (χ1v) is 4.20. The van der Waals surface area contributed by atoms with Crippen LogP contribution in [-0.2, 0) is 0 Å². The number of nitrogens with one attached hydrogen (secondary N) is 1. The van der Waals surface area contributed by atoms with Crippen molar-refractivity contribution in [3.63, 3.8) is 0 Å². The standard InChI is InChI=1S/C4H10F3NSi/c1-4(2,3)8-9(5,6)7/h8H,1-3H3. The summed E-state index contributed by atoms with van der Waals surface area (Å²) in [7, 11) is -5.54. The fourth-order valence-corrected chi connectivity index (χ4v) is 1.28. The Hall–Kier alpha value is -0.0331. The summed E-state index contributed by atoms with van der Waals surface area (Å²) in [5, 5.41) is 0. The highest BCUT2D eigenvalue weighted by atomic mass is 28.5. The molecule has 0 aromatic carbocycles. The van der Waals surface area contributed by atoms with Crippen LogP contribution in [0.25, 0.3) is 0 Å². The molecule has 0 aliphatic rings. The molecular weight excluding hydrogens is 147 g/mol. The highest BCUT2D eigenvalue weighted by molar-refractivity contribution is 6.55. The molecule has 9 heavy (non-hydrogen) atoms. The molecule has 0 heterocycles. The van der Waals surface area contributed by atoms with Gasteiger partial charge in [0, 0.05) is 5.54 Å². The molecule has 5 heteroatoms. The van der Waals surface area contributed by atoms with E-state index in [0.717, 1.165) is 0 Å². The van der Waals surface area contributed by atoms with Crippen molar-refractivity contribution < 1.29 is 12.3 Å². The molecule has 0 unspecified atom stereocenters. The zero-order chi connectivity index (χ0) is 7.71. The van der Waals surface area contributed by atoms with E-state index in [1.165, 1.54) is 20.8 Å². The zero-order valence-electron chi connectivity index (χ0n) is 5.63. The second-order valence-corrected chi connectivity index (χ2v) is 4.12. The monoisotopic (exact) mass is 157 g/mol. The maximum atomic E-state index is 11.6. The Morgan fingerprint density at radius 1 is 1.11 bits per heavy atom. The van der Waals surface area contributed by atoms with Crippen molar-refractivity contribution in [1.82, 2.24) is 4.98 Å². The smallest absolute Gasteiger partial charge is 0.255 e. The normalized spacial score (nSPS) is 14.0. The fourth-order valence-electron chi connectivity index (χ4n) is 0.425. The Morgan fingerprint density at radius 3 is 1.44 bits per heavy atom. The van der Waals surface area contributed by atoms with Gasteiger partial charge in [0.1, 0.15) is 0 Å². The van der Waals surface area contributed by atoms with Crippen molar-refractivity contribution in [2.75, 3.05) is 0 Å². The zero-order valence-corrected chi connectivity index (χ0v) is 6.63. The van der Waals surface area contributed by atoms with E-state index in [2.05, 4.69) is 0 Å². The van der Waals surface area contributed by atoms with Crippen molar-refractivity contribution in [2.45, 2.75) is 26.3 Å². The molecule has 0 saturated heterocycles. The summed E-state index contributed by atoms with van der Waals surface area (Å²) in [6, 6.07) is 0. The summed E-state index contributed by atoms with van der Waals surface area (Å²) in [5.41, 5.74) is -0.829. The Balaban J connectivity index is 3.75. The van der Waals surface area contributed by atoms with E-state index in [4.69, 9.17) is 0 Å². The fraction of sp³-hybridized carbons (Fsp3) is 1.00. The molecule has 56 valence electrons. The maximum Gasteiger partial charge on any atom is 0.716 e. The molecule has 1 nitrogen and oxygen atoms in total. The molecule has 0 aliphatic carbocycles. The first-order valence-electron chi connectivity index (χ1n) is 2.57. The number of halogens is 3. The minimum atomic E-state index is -5.54. The van der Waals surface area contributed by atoms with Crippen molar-refractivity contribution in [3.8, 4) is 0 Å². The predicted molar refractivity (Wildman–Crippen MR) is 32.0 cm³/mol. The van der Waals surface area contributed by atoms with Crippen LogP contribution in [0.1, 0.15) is 20.8 Å².